The number of hydrogen-bond donors (Lipinski definition) is 2. The molecule has 2 N–H and O–H groups in total. The minimum Gasteiger partial charge on any atom is -0.334 e. The lowest BCUT2D eigenvalue weighted by molar-refractivity contribution is -0.137. The maximum atomic E-state index is 13.1. The highest BCUT2D eigenvalue weighted by atomic mass is 19.4. The number of fused-ring (bicyclic) bond motifs is 1. The number of nitrogens with one attached hydrogen (secondary N) is 2. The molecule has 0 radical (unpaired) electrons. The fraction of sp³-hybridized carbons (Fsp3) is 0.409. The molecule has 2 aliphatic heterocycles. The monoisotopic (exact) mass is 403 g/mol. The van der Waals surface area contributed by atoms with Gasteiger partial charge in [-0.05, 0) is 54.6 Å². The summed E-state index contributed by atoms with van der Waals surface area (Å²) in [5.41, 5.74) is 2.09. The van der Waals surface area contributed by atoms with Crippen LogP contribution in [0.15, 0.2) is 48.5 Å². The van der Waals surface area contributed by atoms with Gasteiger partial charge in [0, 0.05) is 19.1 Å². The van der Waals surface area contributed by atoms with Gasteiger partial charge in [0.1, 0.15) is 0 Å². The van der Waals surface area contributed by atoms with Crippen molar-refractivity contribution in [1.82, 2.24) is 15.5 Å². The lowest BCUT2D eigenvalue weighted by atomic mass is 9.88. The highest BCUT2D eigenvalue weighted by Gasteiger charge is 2.34. The molecule has 0 saturated carbocycles. The number of rotatable bonds is 2. The molecule has 154 valence electrons. The first-order valence-electron chi connectivity index (χ1n) is 9.96. The first-order valence-corrected chi connectivity index (χ1v) is 9.96. The van der Waals surface area contributed by atoms with Crippen LogP contribution in [0.4, 0.5) is 18.0 Å². The number of amides is 2. The Labute approximate surface area is 168 Å². The Morgan fingerprint density at radius 2 is 1.86 bits per heavy atom. The number of halogens is 3. The minimum absolute atomic E-state index is 0.0710. The van der Waals surface area contributed by atoms with Gasteiger partial charge in [-0.2, -0.15) is 13.2 Å². The van der Waals surface area contributed by atoms with E-state index in [1.807, 2.05) is 24.3 Å². The van der Waals surface area contributed by atoms with Crippen LogP contribution in [0.3, 0.4) is 0 Å². The lowest BCUT2D eigenvalue weighted by Crippen LogP contribution is -2.52. The van der Waals surface area contributed by atoms with E-state index in [0.29, 0.717) is 12.1 Å². The van der Waals surface area contributed by atoms with Crippen LogP contribution in [0.2, 0.25) is 0 Å². The zero-order valence-electron chi connectivity index (χ0n) is 16.0. The van der Waals surface area contributed by atoms with E-state index < -0.39 is 17.8 Å². The van der Waals surface area contributed by atoms with Gasteiger partial charge in [0.05, 0.1) is 11.6 Å². The molecule has 0 aromatic heterocycles. The molecule has 2 amide bonds. The molecular formula is C22H24F3N3O. The Morgan fingerprint density at radius 3 is 2.55 bits per heavy atom. The maximum absolute atomic E-state index is 13.1. The Kier molecular flexibility index (Phi) is 5.50. The molecule has 29 heavy (non-hydrogen) atoms. The zero-order valence-corrected chi connectivity index (χ0v) is 16.0. The Morgan fingerprint density at radius 1 is 1.10 bits per heavy atom. The standard InChI is InChI=1S/C22H24F3N3O/c23-22(24,25)17-9-7-16(8-10-17)20-19-6-2-1-4-15(19)11-13-28(20)21(29)27-18-5-3-12-26-14-18/h1-2,4,6-10,18,20,26H,3,5,11-14H2,(H,27,29). The number of benzene rings is 2. The van der Waals surface area contributed by atoms with Gasteiger partial charge in [0.2, 0.25) is 0 Å². The molecule has 0 aliphatic carbocycles. The van der Waals surface area contributed by atoms with Gasteiger partial charge in [-0.1, -0.05) is 36.4 Å². The van der Waals surface area contributed by atoms with Crippen molar-refractivity contribution < 1.29 is 18.0 Å². The number of carbonyl (C=O) groups excluding carboxylic acids is 1. The van der Waals surface area contributed by atoms with Crippen molar-refractivity contribution in [2.45, 2.75) is 37.5 Å². The van der Waals surface area contributed by atoms with Gasteiger partial charge in [-0.15, -0.1) is 0 Å². The molecule has 1 saturated heterocycles. The van der Waals surface area contributed by atoms with Gasteiger partial charge >= 0.3 is 12.2 Å². The van der Waals surface area contributed by atoms with Crippen LogP contribution in [0.25, 0.3) is 0 Å². The first kappa shape index (κ1) is 19.8. The van der Waals surface area contributed by atoms with E-state index >= 15 is 0 Å². The van der Waals surface area contributed by atoms with Crippen molar-refractivity contribution in [2.75, 3.05) is 19.6 Å². The SMILES string of the molecule is O=C(NC1CCCNC1)N1CCc2ccccc2C1c1ccc(C(F)(F)F)cc1. The molecule has 2 aromatic rings. The van der Waals surface area contributed by atoms with Crippen molar-refractivity contribution in [3.05, 3.63) is 70.8 Å². The van der Waals surface area contributed by atoms with E-state index in [9.17, 15) is 18.0 Å². The molecule has 0 bridgehead atoms. The Balaban J connectivity index is 1.64. The molecule has 4 rings (SSSR count). The number of carbonyl (C=O) groups is 1. The van der Waals surface area contributed by atoms with Gasteiger partial charge in [-0.3, -0.25) is 0 Å². The van der Waals surface area contributed by atoms with Crippen LogP contribution in [0, 0.1) is 0 Å². The van der Waals surface area contributed by atoms with E-state index in [0.717, 1.165) is 55.6 Å². The predicted molar refractivity (Wildman–Crippen MR) is 105 cm³/mol. The second-order valence-electron chi connectivity index (χ2n) is 7.66. The number of alkyl halides is 3. The summed E-state index contributed by atoms with van der Waals surface area (Å²) in [6.07, 6.45) is -1.72. The maximum Gasteiger partial charge on any atom is 0.416 e. The largest absolute Gasteiger partial charge is 0.416 e. The number of hydrogen-bond acceptors (Lipinski definition) is 2. The van der Waals surface area contributed by atoms with Crippen LogP contribution in [-0.4, -0.2) is 36.6 Å². The van der Waals surface area contributed by atoms with Crippen molar-refractivity contribution in [3.8, 4) is 0 Å². The fourth-order valence-electron chi connectivity index (χ4n) is 4.23. The first-order chi connectivity index (χ1) is 13.9. The fourth-order valence-corrected chi connectivity index (χ4v) is 4.23. The topological polar surface area (TPSA) is 44.4 Å². The van der Waals surface area contributed by atoms with Crippen LogP contribution < -0.4 is 10.6 Å². The van der Waals surface area contributed by atoms with Crippen molar-refractivity contribution in [3.63, 3.8) is 0 Å². The molecule has 2 heterocycles. The normalized spacial score (nSPS) is 22.1. The average molecular weight is 403 g/mol. The summed E-state index contributed by atoms with van der Waals surface area (Å²) in [6.45, 7) is 2.22. The van der Waals surface area contributed by atoms with Gasteiger partial charge in [-0.25, -0.2) is 4.79 Å². The third-order valence-corrected chi connectivity index (χ3v) is 5.72. The van der Waals surface area contributed by atoms with E-state index in [2.05, 4.69) is 10.6 Å². The van der Waals surface area contributed by atoms with E-state index in [1.54, 1.807) is 4.90 Å². The summed E-state index contributed by atoms with van der Waals surface area (Å²) in [4.78, 5) is 14.8. The summed E-state index contributed by atoms with van der Waals surface area (Å²) >= 11 is 0. The second-order valence-corrected chi connectivity index (χ2v) is 7.66. The minimum atomic E-state index is -4.38. The zero-order chi connectivity index (χ0) is 20.4. The molecule has 0 spiro atoms. The highest BCUT2D eigenvalue weighted by molar-refractivity contribution is 5.76. The van der Waals surface area contributed by atoms with Crippen LogP contribution >= 0.6 is 0 Å². The second kappa shape index (κ2) is 8.06. The van der Waals surface area contributed by atoms with Gasteiger partial charge < -0.3 is 15.5 Å². The molecular weight excluding hydrogens is 379 g/mol. The average Bonchev–Trinajstić information content (AvgIpc) is 2.73. The van der Waals surface area contributed by atoms with Crippen LogP contribution in [0.5, 0.6) is 0 Å². The molecule has 2 aromatic carbocycles. The quantitative estimate of drug-likeness (QED) is 0.793. The van der Waals surface area contributed by atoms with Crippen LogP contribution in [0.1, 0.15) is 41.1 Å². The summed E-state index contributed by atoms with van der Waals surface area (Å²) in [5, 5.41) is 6.38. The third-order valence-electron chi connectivity index (χ3n) is 5.72. The predicted octanol–water partition coefficient (Wildman–Crippen LogP) is 4.11. The van der Waals surface area contributed by atoms with Crippen molar-refractivity contribution in [1.29, 1.82) is 0 Å². The van der Waals surface area contributed by atoms with Gasteiger partial charge in [0.25, 0.3) is 0 Å². The summed E-state index contributed by atoms with van der Waals surface area (Å²) in [5.74, 6) is 0. The van der Waals surface area contributed by atoms with Crippen molar-refractivity contribution in [2.24, 2.45) is 0 Å². The summed E-state index contributed by atoms with van der Waals surface area (Å²) < 4.78 is 39.0. The summed E-state index contributed by atoms with van der Waals surface area (Å²) in [7, 11) is 0. The lowest BCUT2D eigenvalue weighted by Gasteiger charge is -2.39. The van der Waals surface area contributed by atoms with E-state index in [-0.39, 0.29) is 12.1 Å². The van der Waals surface area contributed by atoms with E-state index in [4.69, 9.17) is 0 Å². The third kappa shape index (κ3) is 4.24. The number of urea groups is 1. The molecule has 2 atom stereocenters. The smallest absolute Gasteiger partial charge is 0.334 e. The number of piperidine rings is 1. The number of nitrogens with zero attached hydrogens (tertiary/aromatic N) is 1. The Bertz CT molecular complexity index is 860. The van der Waals surface area contributed by atoms with Crippen LogP contribution in [-0.2, 0) is 12.6 Å². The molecule has 2 aliphatic rings. The Hall–Kier alpha value is -2.54. The van der Waals surface area contributed by atoms with Gasteiger partial charge in [0.15, 0.2) is 0 Å². The van der Waals surface area contributed by atoms with Crippen molar-refractivity contribution >= 4 is 6.03 Å². The molecule has 2 unspecified atom stereocenters. The highest BCUT2D eigenvalue weighted by Crippen LogP contribution is 2.37. The van der Waals surface area contributed by atoms with E-state index in [1.165, 1.54) is 12.1 Å². The molecule has 7 heteroatoms. The summed E-state index contributed by atoms with van der Waals surface area (Å²) in [6, 6.07) is 12.5. The molecule has 4 nitrogen and oxygen atoms in total. The molecule has 1 fully saturated rings.